The first-order valence-electron chi connectivity index (χ1n) is 7.27. The summed E-state index contributed by atoms with van der Waals surface area (Å²) in [7, 11) is -1.70. The van der Waals surface area contributed by atoms with E-state index < -0.39 is 8.32 Å². The lowest BCUT2D eigenvalue weighted by atomic mass is 9.89. The first-order chi connectivity index (χ1) is 7.89. The van der Waals surface area contributed by atoms with Crippen LogP contribution in [0.5, 0.6) is 0 Å². The predicted octanol–water partition coefficient (Wildman–Crippen LogP) is 4.35. The van der Waals surface area contributed by atoms with Gasteiger partial charge in [-0.25, -0.2) is 0 Å². The molecule has 2 bridgehead atoms. The highest BCUT2D eigenvalue weighted by Crippen LogP contribution is 2.56. The molecule has 0 aromatic carbocycles. The summed E-state index contributed by atoms with van der Waals surface area (Å²) in [5, 5.41) is 0.273. The lowest BCUT2D eigenvalue weighted by Gasteiger charge is -2.41. The Kier molecular flexibility index (Phi) is 3.09. The van der Waals surface area contributed by atoms with Crippen LogP contribution in [0.1, 0.15) is 54.4 Å². The van der Waals surface area contributed by atoms with Crippen LogP contribution >= 0.6 is 0 Å². The zero-order chi connectivity index (χ0) is 14.0. The first kappa shape index (κ1) is 14.5. The number of hydrogen-bond donors (Lipinski definition) is 0. The maximum absolute atomic E-state index is 6.70. The fourth-order valence-corrected chi connectivity index (χ4v) is 4.76. The smallest absolute Gasteiger partial charge is 0.192 e. The summed E-state index contributed by atoms with van der Waals surface area (Å²) in [6.45, 7) is 18.3. The van der Waals surface area contributed by atoms with Crippen molar-refractivity contribution in [1.82, 2.24) is 0 Å². The molecule has 1 saturated carbocycles. The Bertz CT molecular complexity index is 343. The van der Waals surface area contributed by atoms with Crippen LogP contribution in [0.3, 0.4) is 0 Å². The van der Waals surface area contributed by atoms with Crippen molar-refractivity contribution >= 4 is 8.32 Å². The van der Waals surface area contributed by atoms with E-state index in [1.165, 1.54) is 6.42 Å². The highest BCUT2D eigenvalue weighted by molar-refractivity contribution is 6.74. The highest BCUT2D eigenvalue weighted by Gasteiger charge is 2.62. The Morgan fingerprint density at radius 1 is 1.17 bits per heavy atom. The van der Waals surface area contributed by atoms with E-state index in [9.17, 15) is 0 Å². The van der Waals surface area contributed by atoms with Gasteiger partial charge >= 0.3 is 0 Å². The van der Waals surface area contributed by atoms with Gasteiger partial charge in [0.05, 0.1) is 17.3 Å². The van der Waals surface area contributed by atoms with Gasteiger partial charge in [0.25, 0.3) is 0 Å². The van der Waals surface area contributed by atoms with E-state index in [0.29, 0.717) is 12.0 Å². The molecule has 1 aliphatic carbocycles. The molecule has 0 aromatic rings. The van der Waals surface area contributed by atoms with Gasteiger partial charge in [-0.1, -0.05) is 20.8 Å². The minimum atomic E-state index is -1.70. The SMILES string of the molecule is CC1(C)O[C@@]2(C)CC[C@@H]1[C@@H]2O[Si](C)(C)C(C)(C)C. The van der Waals surface area contributed by atoms with Gasteiger partial charge in [-0.2, -0.15) is 0 Å². The molecule has 2 rings (SSSR count). The molecule has 1 aliphatic heterocycles. The Hall–Kier alpha value is 0.137. The first-order valence-corrected chi connectivity index (χ1v) is 10.2. The standard InChI is InChI=1S/C15H30O2Si/c1-13(2,3)18(7,8)16-12-11-9-10-15(12,6)17-14(11,4)5/h11-12H,9-10H2,1-8H3/t11-,12+,15+/m1/s1. The third-order valence-corrected chi connectivity index (χ3v) is 9.99. The van der Waals surface area contributed by atoms with Gasteiger partial charge in [0.2, 0.25) is 0 Å². The third-order valence-electron chi connectivity index (χ3n) is 5.54. The van der Waals surface area contributed by atoms with Gasteiger partial charge in [-0.05, 0) is 51.7 Å². The van der Waals surface area contributed by atoms with Crippen molar-refractivity contribution < 1.29 is 9.16 Å². The Morgan fingerprint density at radius 2 is 1.72 bits per heavy atom. The van der Waals surface area contributed by atoms with Crippen molar-refractivity contribution in [3.8, 4) is 0 Å². The van der Waals surface area contributed by atoms with Crippen molar-refractivity contribution in [2.24, 2.45) is 5.92 Å². The van der Waals surface area contributed by atoms with Crippen LogP contribution in [-0.4, -0.2) is 25.6 Å². The van der Waals surface area contributed by atoms with Crippen LogP contribution in [-0.2, 0) is 9.16 Å². The second-order valence-electron chi connectivity index (χ2n) is 8.46. The van der Waals surface area contributed by atoms with E-state index in [-0.39, 0.29) is 16.2 Å². The van der Waals surface area contributed by atoms with Crippen molar-refractivity contribution in [2.45, 2.75) is 89.8 Å². The summed E-state index contributed by atoms with van der Waals surface area (Å²) < 4.78 is 13.0. The number of fused-ring (bicyclic) bond motifs is 2. The maximum atomic E-state index is 6.70. The maximum Gasteiger partial charge on any atom is 0.192 e. The van der Waals surface area contributed by atoms with Gasteiger partial charge in [0.1, 0.15) is 0 Å². The predicted molar refractivity (Wildman–Crippen MR) is 78.4 cm³/mol. The molecule has 1 heterocycles. The minimum Gasteiger partial charge on any atom is -0.411 e. The third kappa shape index (κ3) is 2.08. The minimum absolute atomic E-state index is 0.0139. The van der Waals surface area contributed by atoms with Crippen LogP contribution in [0.4, 0.5) is 0 Å². The zero-order valence-corrected chi connectivity index (χ0v) is 14.4. The molecule has 0 N–H and O–H groups in total. The summed E-state index contributed by atoms with van der Waals surface area (Å²) in [5.74, 6) is 0.566. The van der Waals surface area contributed by atoms with E-state index in [2.05, 4.69) is 54.6 Å². The largest absolute Gasteiger partial charge is 0.411 e. The summed E-state index contributed by atoms with van der Waals surface area (Å²) in [6.07, 6.45) is 2.71. The van der Waals surface area contributed by atoms with Crippen molar-refractivity contribution in [3.05, 3.63) is 0 Å². The molecule has 18 heavy (non-hydrogen) atoms. The summed E-state index contributed by atoms with van der Waals surface area (Å²) in [4.78, 5) is 0. The highest BCUT2D eigenvalue weighted by atomic mass is 28.4. The molecule has 3 heteroatoms. The molecule has 106 valence electrons. The zero-order valence-electron chi connectivity index (χ0n) is 13.4. The van der Waals surface area contributed by atoms with Gasteiger partial charge in [-0.15, -0.1) is 0 Å². The fourth-order valence-electron chi connectivity index (χ4n) is 3.36. The number of ether oxygens (including phenoxy) is 1. The van der Waals surface area contributed by atoms with E-state index in [1.54, 1.807) is 0 Å². The monoisotopic (exact) mass is 270 g/mol. The van der Waals surface area contributed by atoms with E-state index >= 15 is 0 Å². The molecule has 0 radical (unpaired) electrons. The number of hydrogen-bond acceptors (Lipinski definition) is 2. The van der Waals surface area contributed by atoms with Crippen LogP contribution < -0.4 is 0 Å². The van der Waals surface area contributed by atoms with Gasteiger partial charge in [-0.3, -0.25) is 0 Å². The quantitative estimate of drug-likeness (QED) is 0.694. The fraction of sp³-hybridized carbons (Fsp3) is 1.00. The Balaban J connectivity index is 2.21. The van der Waals surface area contributed by atoms with Crippen LogP contribution in [0.2, 0.25) is 18.1 Å². The topological polar surface area (TPSA) is 18.5 Å². The molecule has 3 atom stereocenters. The molecular formula is C15H30O2Si. The second kappa shape index (κ2) is 3.83. The van der Waals surface area contributed by atoms with Crippen molar-refractivity contribution in [1.29, 1.82) is 0 Å². The van der Waals surface area contributed by atoms with E-state index in [0.717, 1.165) is 6.42 Å². The molecular weight excluding hydrogens is 240 g/mol. The Morgan fingerprint density at radius 3 is 2.06 bits per heavy atom. The number of rotatable bonds is 2. The summed E-state index contributed by atoms with van der Waals surface area (Å²) in [6, 6.07) is 0. The molecule has 0 unspecified atom stereocenters. The van der Waals surface area contributed by atoms with Gasteiger partial charge in [0, 0.05) is 5.92 Å². The molecule has 2 fully saturated rings. The van der Waals surface area contributed by atoms with Crippen molar-refractivity contribution in [2.75, 3.05) is 0 Å². The normalized spacial score (nSPS) is 39.3. The van der Waals surface area contributed by atoms with Gasteiger partial charge in [0.15, 0.2) is 8.32 Å². The van der Waals surface area contributed by atoms with Crippen LogP contribution in [0.15, 0.2) is 0 Å². The molecule has 0 aromatic heterocycles. The summed E-state index contributed by atoms with van der Waals surface area (Å²) >= 11 is 0. The van der Waals surface area contributed by atoms with Crippen LogP contribution in [0.25, 0.3) is 0 Å². The van der Waals surface area contributed by atoms with Gasteiger partial charge < -0.3 is 9.16 Å². The molecule has 1 saturated heterocycles. The second-order valence-corrected chi connectivity index (χ2v) is 13.2. The summed E-state index contributed by atoms with van der Waals surface area (Å²) in [5.41, 5.74) is -0.0658. The average Bonchev–Trinajstić information content (AvgIpc) is 2.48. The molecule has 2 aliphatic rings. The molecule has 0 spiro atoms. The molecule has 0 amide bonds. The van der Waals surface area contributed by atoms with Crippen LogP contribution in [0, 0.1) is 5.92 Å². The lowest BCUT2D eigenvalue weighted by Crippen LogP contribution is -2.48. The van der Waals surface area contributed by atoms with E-state index in [1.807, 2.05) is 0 Å². The average molecular weight is 270 g/mol. The van der Waals surface area contributed by atoms with E-state index in [4.69, 9.17) is 9.16 Å². The lowest BCUT2D eigenvalue weighted by molar-refractivity contribution is -0.119. The Labute approximate surface area is 114 Å². The van der Waals surface area contributed by atoms with Crippen molar-refractivity contribution in [3.63, 3.8) is 0 Å². The molecule has 2 nitrogen and oxygen atoms in total.